The molecule has 34 heavy (non-hydrogen) atoms. The molecule has 1 aliphatic rings. The molecular formula is C23H31N5O5S. The Morgan fingerprint density at radius 1 is 1.21 bits per heavy atom. The summed E-state index contributed by atoms with van der Waals surface area (Å²) in [7, 11) is 0.276. The molecule has 1 fully saturated rings. The molecule has 2 aromatic heterocycles. The summed E-state index contributed by atoms with van der Waals surface area (Å²) in [4.78, 5) is 34.2. The third-order valence-corrected chi connectivity index (χ3v) is 8.21. The molecule has 11 heteroatoms. The van der Waals surface area contributed by atoms with Gasteiger partial charge in [0.15, 0.2) is 21.0 Å². The van der Waals surface area contributed by atoms with E-state index in [9.17, 15) is 18.0 Å². The van der Waals surface area contributed by atoms with Gasteiger partial charge in [-0.2, -0.15) is 0 Å². The fraction of sp³-hybridized carbons (Fsp3) is 0.522. The van der Waals surface area contributed by atoms with Crippen molar-refractivity contribution in [1.82, 2.24) is 24.0 Å². The molecule has 0 radical (unpaired) electrons. The fourth-order valence-electron chi connectivity index (χ4n) is 4.48. The highest BCUT2D eigenvalue weighted by Crippen LogP contribution is 2.24. The first-order valence-corrected chi connectivity index (χ1v) is 13.3. The smallest absolute Gasteiger partial charge is 0.330 e. The zero-order chi connectivity index (χ0) is 24.5. The number of ether oxygens (including phenoxy) is 1. The van der Waals surface area contributed by atoms with Crippen LogP contribution in [0.15, 0.2) is 33.9 Å². The minimum atomic E-state index is -3.09. The number of hydrogen-bond acceptors (Lipinski definition) is 7. The fourth-order valence-corrected chi connectivity index (χ4v) is 6.24. The average Bonchev–Trinajstić information content (AvgIpc) is 3.33. The number of nitrogens with zero attached hydrogens (tertiary/aromatic N) is 4. The molecule has 0 aliphatic carbocycles. The Hall–Kier alpha value is -2.92. The van der Waals surface area contributed by atoms with Crippen LogP contribution < -0.4 is 16.0 Å². The Morgan fingerprint density at radius 2 is 1.94 bits per heavy atom. The van der Waals surface area contributed by atoms with Gasteiger partial charge < -0.3 is 9.30 Å². The molecule has 0 saturated carbocycles. The SMILES string of the molecule is CCCCn1c(=O)[nH]c(=O)c2c1nc(CN(Cc1ccc(OC)cc1)C1CCS(=O)(=O)C1)n2C. The van der Waals surface area contributed by atoms with Crippen molar-refractivity contribution in [2.45, 2.75) is 51.9 Å². The number of aromatic nitrogens is 4. The molecule has 10 nitrogen and oxygen atoms in total. The van der Waals surface area contributed by atoms with Crippen LogP contribution in [0.5, 0.6) is 5.75 Å². The van der Waals surface area contributed by atoms with Gasteiger partial charge in [0.05, 0.1) is 25.2 Å². The van der Waals surface area contributed by atoms with Crippen molar-refractivity contribution in [2.24, 2.45) is 7.05 Å². The summed E-state index contributed by atoms with van der Waals surface area (Å²) >= 11 is 0. The maximum atomic E-state index is 12.6. The van der Waals surface area contributed by atoms with Crippen LogP contribution >= 0.6 is 0 Å². The normalized spacial score (nSPS) is 17.6. The first kappa shape index (κ1) is 24.2. The number of unbranched alkanes of at least 4 members (excludes halogenated alkanes) is 1. The van der Waals surface area contributed by atoms with E-state index in [-0.39, 0.29) is 17.5 Å². The number of rotatable bonds is 9. The summed E-state index contributed by atoms with van der Waals surface area (Å²) in [6, 6.07) is 7.50. The van der Waals surface area contributed by atoms with E-state index in [4.69, 9.17) is 9.72 Å². The van der Waals surface area contributed by atoms with Crippen LogP contribution in [0.2, 0.25) is 0 Å². The number of sulfone groups is 1. The highest BCUT2D eigenvalue weighted by Gasteiger charge is 2.33. The highest BCUT2D eigenvalue weighted by molar-refractivity contribution is 7.91. The van der Waals surface area contributed by atoms with Crippen LogP contribution in [0.25, 0.3) is 11.2 Å². The van der Waals surface area contributed by atoms with Crippen LogP contribution in [-0.4, -0.2) is 57.1 Å². The maximum Gasteiger partial charge on any atom is 0.330 e. The van der Waals surface area contributed by atoms with Gasteiger partial charge in [-0.15, -0.1) is 0 Å². The predicted molar refractivity (Wildman–Crippen MR) is 130 cm³/mol. The van der Waals surface area contributed by atoms with Crippen molar-refractivity contribution in [1.29, 1.82) is 0 Å². The topological polar surface area (TPSA) is 119 Å². The van der Waals surface area contributed by atoms with E-state index in [0.29, 0.717) is 43.0 Å². The molecule has 1 saturated heterocycles. The summed E-state index contributed by atoms with van der Waals surface area (Å²) in [5.41, 5.74) is 0.783. The van der Waals surface area contributed by atoms with Crippen LogP contribution in [0, 0.1) is 0 Å². The molecule has 184 valence electrons. The molecule has 4 rings (SSSR count). The molecule has 1 N–H and O–H groups in total. The quantitative estimate of drug-likeness (QED) is 0.483. The number of hydrogen-bond donors (Lipinski definition) is 1. The molecule has 1 aromatic carbocycles. The lowest BCUT2D eigenvalue weighted by molar-refractivity contribution is 0.188. The maximum absolute atomic E-state index is 12.6. The summed E-state index contributed by atoms with van der Waals surface area (Å²) in [5.74, 6) is 1.61. The lowest BCUT2D eigenvalue weighted by Gasteiger charge is -2.27. The first-order valence-electron chi connectivity index (χ1n) is 11.5. The molecule has 1 aliphatic heterocycles. The van der Waals surface area contributed by atoms with Gasteiger partial charge in [-0.05, 0) is 30.5 Å². The molecule has 1 atom stereocenters. The second-order valence-electron chi connectivity index (χ2n) is 8.83. The highest BCUT2D eigenvalue weighted by atomic mass is 32.2. The molecule has 3 aromatic rings. The van der Waals surface area contributed by atoms with Gasteiger partial charge in [-0.1, -0.05) is 25.5 Å². The Bertz CT molecular complexity index is 1390. The monoisotopic (exact) mass is 489 g/mol. The Kier molecular flexibility index (Phi) is 6.94. The lowest BCUT2D eigenvalue weighted by Crippen LogP contribution is -2.36. The molecule has 0 spiro atoms. The summed E-state index contributed by atoms with van der Waals surface area (Å²) < 4.78 is 32.9. The number of methoxy groups -OCH3 is 1. The second kappa shape index (κ2) is 9.75. The van der Waals surface area contributed by atoms with Gasteiger partial charge >= 0.3 is 5.69 Å². The third-order valence-electron chi connectivity index (χ3n) is 6.46. The second-order valence-corrected chi connectivity index (χ2v) is 11.1. The van der Waals surface area contributed by atoms with Crippen molar-refractivity contribution in [2.75, 3.05) is 18.6 Å². The molecular weight excluding hydrogens is 458 g/mol. The molecule has 0 bridgehead atoms. The molecule has 3 heterocycles. The number of nitrogens with one attached hydrogen (secondary N) is 1. The molecule has 1 unspecified atom stereocenters. The van der Waals surface area contributed by atoms with E-state index < -0.39 is 21.1 Å². The Labute approximate surface area is 198 Å². The number of aromatic amines is 1. The summed E-state index contributed by atoms with van der Waals surface area (Å²) in [6.07, 6.45) is 2.24. The Balaban J connectivity index is 1.72. The number of fused-ring (bicyclic) bond motifs is 1. The van der Waals surface area contributed by atoms with Crippen molar-refractivity contribution < 1.29 is 13.2 Å². The number of H-pyrrole nitrogens is 1. The predicted octanol–water partition coefficient (Wildman–Crippen LogP) is 1.42. The van der Waals surface area contributed by atoms with Gasteiger partial charge in [0.25, 0.3) is 5.56 Å². The third kappa shape index (κ3) is 4.95. The van der Waals surface area contributed by atoms with Crippen LogP contribution in [-0.2, 0) is 36.5 Å². The van der Waals surface area contributed by atoms with Gasteiger partial charge in [0.2, 0.25) is 0 Å². The van der Waals surface area contributed by atoms with Crippen molar-refractivity contribution >= 4 is 21.0 Å². The lowest BCUT2D eigenvalue weighted by atomic mass is 10.1. The Morgan fingerprint density at radius 3 is 2.56 bits per heavy atom. The summed E-state index contributed by atoms with van der Waals surface area (Å²) in [6.45, 7) is 3.37. The van der Waals surface area contributed by atoms with Gasteiger partial charge in [0.1, 0.15) is 11.6 Å². The van der Waals surface area contributed by atoms with E-state index >= 15 is 0 Å². The summed E-state index contributed by atoms with van der Waals surface area (Å²) in [5, 5.41) is 0. The van der Waals surface area contributed by atoms with E-state index in [1.807, 2.05) is 31.2 Å². The minimum Gasteiger partial charge on any atom is -0.497 e. The van der Waals surface area contributed by atoms with Crippen LogP contribution in [0.1, 0.15) is 37.6 Å². The number of imidazole rings is 1. The van der Waals surface area contributed by atoms with E-state index in [1.165, 1.54) is 4.57 Å². The average molecular weight is 490 g/mol. The standard InChI is InChI=1S/C23H31N5O5S/c1-4-5-11-28-21-20(22(29)25-23(28)30)26(2)19(24-21)14-27(17-10-12-34(31,32)15-17)13-16-6-8-18(33-3)9-7-16/h6-9,17H,4-5,10-15H2,1-3H3,(H,25,29,30). The van der Waals surface area contributed by atoms with Gasteiger partial charge in [-0.3, -0.25) is 19.2 Å². The van der Waals surface area contributed by atoms with E-state index in [2.05, 4.69) is 9.88 Å². The van der Waals surface area contributed by atoms with Crippen molar-refractivity contribution in [3.05, 3.63) is 56.5 Å². The van der Waals surface area contributed by atoms with Crippen molar-refractivity contribution in [3.8, 4) is 5.75 Å². The minimum absolute atomic E-state index is 0.0922. The van der Waals surface area contributed by atoms with E-state index in [0.717, 1.165) is 24.2 Å². The first-order chi connectivity index (χ1) is 16.2. The van der Waals surface area contributed by atoms with Gasteiger partial charge in [-0.25, -0.2) is 18.2 Å². The number of benzene rings is 1. The van der Waals surface area contributed by atoms with Crippen LogP contribution in [0.4, 0.5) is 0 Å². The number of aryl methyl sites for hydroxylation is 2. The molecule has 0 amide bonds. The van der Waals surface area contributed by atoms with Crippen molar-refractivity contribution in [3.63, 3.8) is 0 Å². The zero-order valence-electron chi connectivity index (χ0n) is 19.8. The van der Waals surface area contributed by atoms with Crippen LogP contribution in [0.3, 0.4) is 0 Å². The van der Waals surface area contributed by atoms with E-state index in [1.54, 1.807) is 18.7 Å². The largest absolute Gasteiger partial charge is 0.497 e. The zero-order valence-corrected chi connectivity index (χ0v) is 20.6. The van der Waals surface area contributed by atoms with Gasteiger partial charge in [0, 0.05) is 26.2 Å².